The Bertz CT molecular complexity index is 2450. The van der Waals surface area contributed by atoms with E-state index in [1.54, 1.807) is 0 Å². The summed E-state index contributed by atoms with van der Waals surface area (Å²) in [6, 6.07) is 51.2. The van der Waals surface area contributed by atoms with Gasteiger partial charge in [-0.1, -0.05) is 133 Å². The molecule has 0 saturated carbocycles. The van der Waals surface area contributed by atoms with Gasteiger partial charge in [-0.05, 0) is 23.1 Å². The van der Waals surface area contributed by atoms with E-state index in [1.165, 1.54) is 10.8 Å². The lowest BCUT2D eigenvalue weighted by atomic mass is 9.99. The van der Waals surface area contributed by atoms with Gasteiger partial charge in [0.05, 0.1) is 16.9 Å². The van der Waals surface area contributed by atoms with Gasteiger partial charge in [0.1, 0.15) is 16.8 Å². The fourth-order valence-corrected chi connectivity index (χ4v) is 6.49. The first kappa shape index (κ1) is 23.1. The number of hydrogen-bond acceptors (Lipinski definition) is 2. The van der Waals surface area contributed by atoms with Crippen LogP contribution in [0, 0.1) is 0 Å². The fraction of sp³-hybridized carbons (Fsp3) is 0. The van der Waals surface area contributed by atoms with Crippen molar-refractivity contribution >= 4 is 49.3 Å². The molecule has 3 aromatic heterocycles. The van der Waals surface area contributed by atoms with E-state index < -0.39 is 0 Å². The predicted molar refractivity (Wildman–Crippen MR) is 174 cm³/mol. The average Bonchev–Trinajstić information content (AvgIpc) is 3.65. The highest BCUT2D eigenvalue weighted by Crippen LogP contribution is 2.40. The number of pyridine rings is 1. The molecule has 3 heteroatoms. The Balaban J connectivity index is 1.31. The Labute approximate surface area is 241 Å². The van der Waals surface area contributed by atoms with Crippen molar-refractivity contribution in [3.63, 3.8) is 0 Å². The normalized spacial score (nSPS) is 11.8. The zero-order chi connectivity index (χ0) is 27.6. The van der Waals surface area contributed by atoms with Crippen LogP contribution in [0.5, 0.6) is 0 Å². The average molecular weight is 537 g/mol. The number of furan rings is 1. The third kappa shape index (κ3) is 3.31. The molecule has 0 aliphatic rings. The predicted octanol–water partition coefficient (Wildman–Crippen LogP) is 10.5. The highest BCUT2D eigenvalue weighted by Gasteiger charge is 2.21. The van der Waals surface area contributed by atoms with Crippen LogP contribution >= 0.6 is 0 Å². The van der Waals surface area contributed by atoms with Crippen LogP contribution < -0.4 is 0 Å². The summed E-state index contributed by atoms with van der Waals surface area (Å²) in [6.07, 6.45) is 0. The molecule has 0 saturated heterocycles. The van der Waals surface area contributed by atoms with Gasteiger partial charge >= 0.3 is 0 Å². The van der Waals surface area contributed by atoms with Crippen LogP contribution in [0.4, 0.5) is 0 Å². The van der Waals surface area contributed by atoms with Gasteiger partial charge in [0.15, 0.2) is 0 Å². The lowest BCUT2D eigenvalue weighted by Gasteiger charge is -2.12. The summed E-state index contributed by atoms with van der Waals surface area (Å²) < 4.78 is 8.69. The quantitative estimate of drug-likeness (QED) is 0.210. The summed E-state index contributed by atoms with van der Waals surface area (Å²) in [7, 11) is 0. The van der Waals surface area contributed by atoms with Crippen LogP contribution in [0.2, 0.25) is 0 Å². The van der Waals surface area contributed by atoms with Crippen LogP contribution in [0.3, 0.4) is 0 Å². The summed E-state index contributed by atoms with van der Waals surface area (Å²) in [5.41, 5.74) is 10.4. The van der Waals surface area contributed by atoms with E-state index in [9.17, 15) is 0 Å². The maximum atomic E-state index is 6.35. The highest BCUT2D eigenvalue weighted by atomic mass is 16.3. The van der Waals surface area contributed by atoms with Gasteiger partial charge in [-0.25, -0.2) is 4.98 Å². The van der Waals surface area contributed by atoms with Gasteiger partial charge in [0.2, 0.25) is 0 Å². The van der Waals surface area contributed by atoms with Crippen LogP contribution in [0.25, 0.3) is 82.9 Å². The Kier molecular flexibility index (Phi) is 4.90. The molecule has 42 heavy (non-hydrogen) atoms. The smallest absolute Gasteiger partial charge is 0.146 e. The minimum absolute atomic E-state index is 0.911. The molecule has 3 heterocycles. The molecule has 0 aliphatic heterocycles. The largest absolute Gasteiger partial charge is 0.455 e. The highest BCUT2D eigenvalue weighted by molar-refractivity contribution is 6.13. The van der Waals surface area contributed by atoms with Gasteiger partial charge in [-0.15, -0.1) is 0 Å². The lowest BCUT2D eigenvalue weighted by Crippen LogP contribution is -1.94. The molecule has 0 spiro atoms. The Hall–Kier alpha value is -5.67. The summed E-state index contributed by atoms with van der Waals surface area (Å²) >= 11 is 0. The van der Waals surface area contributed by atoms with Crippen molar-refractivity contribution in [2.45, 2.75) is 0 Å². The number of aromatic nitrogens is 2. The first-order valence-corrected chi connectivity index (χ1v) is 14.2. The topological polar surface area (TPSA) is 30.4 Å². The molecule has 0 unspecified atom stereocenters. The maximum absolute atomic E-state index is 6.35. The number of imidazole rings is 1. The second kappa shape index (κ2) is 8.92. The summed E-state index contributed by atoms with van der Waals surface area (Å²) in [5.74, 6) is 0. The molecule has 9 rings (SSSR count). The van der Waals surface area contributed by atoms with Crippen molar-refractivity contribution in [2.24, 2.45) is 0 Å². The van der Waals surface area contributed by atoms with E-state index >= 15 is 0 Å². The van der Waals surface area contributed by atoms with E-state index in [2.05, 4.69) is 138 Å². The van der Waals surface area contributed by atoms with E-state index in [-0.39, 0.29) is 0 Å². The van der Waals surface area contributed by atoms with E-state index in [0.717, 1.165) is 72.1 Å². The molecular weight excluding hydrogens is 512 g/mol. The molecule has 0 bridgehead atoms. The second-order valence-electron chi connectivity index (χ2n) is 10.8. The number of benzene rings is 6. The minimum Gasteiger partial charge on any atom is -0.455 e. The molecule has 0 N–H and O–H groups in total. The van der Waals surface area contributed by atoms with Gasteiger partial charge in [0, 0.05) is 38.2 Å². The summed E-state index contributed by atoms with van der Waals surface area (Å²) in [6.45, 7) is 0. The van der Waals surface area contributed by atoms with Crippen molar-refractivity contribution in [2.75, 3.05) is 0 Å². The Morgan fingerprint density at radius 1 is 0.452 bits per heavy atom. The summed E-state index contributed by atoms with van der Waals surface area (Å²) in [5, 5.41) is 5.85. The number of hydrogen-bond donors (Lipinski definition) is 0. The van der Waals surface area contributed by atoms with Gasteiger partial charge in [-0.2, -0.15) is 0 Å². The van der Waals surface area contributed by atoms with Crippen LogP contribution in [-0.4, -0.2) is 9.38 Å². The number of rotatable bonds is 3. The SMILES string of the molecule is c1ccc(-c2nc3c4ccccc4c4ccccc4n3c2-c2ccc(-c3cccc4c3oc3ccccc34)cc2)cc1. The molecule has 6 aromatic carbocycles. The van der Waals surface area contributed by atoms with E-state index in [4.69, 9.17) is 9.40 Å². The summed E-state index contributed by atoms with van der Waals surface area (Å²) in [4.78, 5) is 5.33. The Morgan fingerprint density at radius 2 is 1.10 bits per heavy atom. The number of fused-ring (bicyclic) bond motifs is 9. The van der Waals surface area contributed by atoms with Crippen molar-refractivity contribution in [1.29, 1.82) is 0 Å². The van der Waals surface area contributed by atoms with Crippen molar-refractivity contribution < 1.29 is 4.42 Å². The third-order valence-electron chi connectivity index (χ3n) is 8.40. The monoisotopic (exact) mass is 536 g/mol. The zero-order valence-electron chi connectivity index (χ0n) is 22.7. The molecule has 0 fully saturated rings. The van der Waals surface area contributed by atoms with Crippen molar-refractivity contribution in [3.8, 4) is 33.6 Å². The maximum Gasteiger partial charge on any atom is 0.146 e. The van der Waals surface area contributed by atoms with E-state index in [0.29, 0.717) is 0 Å². The number of para-hydroxylation sites is 3. The Morgan fingerprint density at radius 3 is 1.93 bits per heavy atom. The molecule has 0 radical (unpaired) electrons. The fourth-order valence-electron chi connectivity index (χ4n) is 6.49. The molecule has 196 valence electrons. The number of nitrogens with zero attached hydrogens (tertiary/aromatic N) is 2. The zero-order valence-corrected chi connectivity index (χ0v) is 22.7. The van der Waals surface area contributed by atoms with Gasteiger partial charge in [0.25, 0.3) is 0 Å². The molecule has 0 atom stereocenters. The van der Waals surface area contributed by atoms with Crippen molar-refractivity contribution in [3.05, 3.63) is 146 Å². The molecule has 0 aliphatic carbocycles. The van der Waals surface area contributed by atoms with Gasteiger partial charge in [-0.3, -0.25) is 4.40 Å². The first-order chi connectivity index (χ1) is 20.8. The van der Waals surface area contributed by atoms with Crippen LogP contribution in [-0.2, 0) is 0 Å². The van der Waals surface area contributed by atoms with Crippen molar-refractivity contribution in [1.82, 2.24) is 9.38 Å². The third-order valence-corrected chi connectivity index (χ3v) is 8.40. The minimum atomic E-state index is 0.911. The van der Waals surface area contributed by atoms with E-state index in [1.807, 2.05) is 12.1 Å². The standard InChI is InChI=1S/C39H24N2O/c1-2-11-26(12-3-1)36-37(41-34-19-8-6-14-30(34)29-13-4-5-16-33(29)39(41)40-36)27-23-21-25(22-24-27)28-17-10-18-32-31-15-7-9-20-35(31)42-38(28)32/h1-24H. The molecule has 3 nitrogen and oxygen atoms in total. The molecule has 9 aromatic rings. The first-order valence-electron chi connectivity index (χ1n) is 14.2. The second-order valence-corrected chi connectivity index (χ2v) is 10.8. The van der Waals surface area contributed by atoms with Gasteiger partial charge < -0.3 is 4.42 Å². The lowest BCUT2D eigenvalue weighted by molar-refractivity contribution is 0.670. The molecule has 0 amide bonds. The molecular formula is C39H24N2O. The van der Waals surface area contributed by atoms with Crippen LogP contribution in [0.15, 0.2) is 150 Å². The van der Waals surface area contributed by atoms with Crippen LogP contribution in [0.1, 0.15) is 0 Å².